The molecule has 2 heterocycles. The molecule has 0 spiro atoms. The van der Waals surface area contributed by atoms with Crippen molar-refractivity contribution in [1.29, 1.82) is 0 Å². The highest BCUT2D eigenvalue weighted by Crippen LogP contribution is 2.21. The van der Waals surface area contributed by atoms with Crippen LogP contribution < -0.4 is 15.8 Å². The van der Waals surface area contributed by atoms with Crippen molar-refractivity contribution in [3.63, 3.8) is 0 Å². The van der Waals surface area contributed by atoms with Gasteiger partial charge in [-0.3, -0.25) is 0 Å². The van der Waals surface area contributed by atoms with Crippen LogP contribution in [0.2, 0.25) is 0 Å². The zero-order valence-electron chi connectivity index (χ0n) is 9.85. The van der Waals surface area contributed by atoms with E-state index in [2.05, 4.69) is 31.2 Å². The molecule has 18 heavy (non-hydrogen) atoms. The molecule has 0 aliphatic rings. The number of pyridine rings is 2. The molecule has 0 bridgehead atoms. The average Bonchev–Trinajstić information content (AvgIpc) is 2.38. The monoisotopic (exact) mass is 308 g/mol. The lowest BCUT2D eigenvalue weighted by atomic mass is 10.2. The van der Waals surface area contributed by atoms with Gasteiger partial charge in [0.2, 0.25) is 5.88 Å². The van der Waals surface area contributed by atoms with E-state index >= 15 is 0 Å². The molecule has 0 atom stereocenters. The summed E-state index contributed by atoms with van der Waals surface area (Å²) in [6.45, 7) is 0.551. The topological polar surface area (TPSA) is 73.1 Å². The van der Waals surface area contributed by atoms with E-state index in [0.717, 1.165) is 10.0 Å². The van der Waals surface area contributed by atoms with Gasteiger partial charge in [-0.2, -0.15) is 0 Å². The van der Waals surface area contributed by atoms with Crippen LogP contribution in [0.5, 0.6) is 5.88 Å². The summed E-state index contributed by atoms with van der Waals surface area (Å²) in [7, 11) is 1.60. The lowest BCUT2D eigenvalue weighted by molar-refractivity contribution is 0.393. The predicted molar refractivity (Wildman–Crippen MR) is 74.5 cm³/mol. The Balaban J connectivity index is 2.11. The van der Waals surface area contributed by atoms with E-state index in [4.69, 9.17) is 10.5 Å². The molecule has 0 aliphatic heterocycles. The molecule has 0 saturated carbocycles. The van der Waals surface area contributed by atoms with E-state index in [1.54, 1.807) is 25.6 Å². The highest BCUT2D eigenvalue weighted by Gasteiger charge is 2.05. The molecule has 0 fully saturated rings. The predicted octanol–water partition coefficient (Wildman–Crippen LogP) is 2.44. The fourth-order valence-corrected chi connectivity index (χ4v) is 1.87. The van der Waals surface area contributed by atoms with Crippen LogP contribution in [0.25, 0.3) is 0 Å². The van der Waals surface area contributed by atoms with Gasteiger partial charge < -0.3 is 15.8 Å². The van der Waals surface area contributed by atoms with Crippen molar-refractivity contribution in [2.24, 2.45) is 0 Å². The summed E-state index contributed by atoms with van der Waals surface area (Å²) in [6.07, 6.45) is 3.38. The summed E-state index contributed by atoms with van der Waals surface area (Å²) in [5.41, 5.74) is 7.39. The van der Waals surface area contributed by atoms with Crippen LogP contribution >= 0.6 is 15.9 Å². The number of hydrogen-bond donors (Lipinski definition) is 2. The summed E-state index contributed by atoms with van der Waals surface area (Å²) in [4.78, 5) is 8.33. The second kappa shape index (κ2) is 5.68. The van der Waals surface area contributed by atoms with Crippen molar-refractivity contribution in [1.82, 2.24) is 9.97 Å². The van der Waals surface area contributed by atoms with E-state index < -0.39 is 0 Å². The molecule has 0 aliphatic carbocycles. The highest BCUT2D eigenvalue weighted by atomic mass is 79.9. The maximum Gasteiger partial charge on any atom is 0.218 e. The minimum atomic E-state index is 0.551. The number of halogens is 1. The van der Waals surface area contributed by atoms with Crippen LogP contribution in [0.1, 0.15) is 5.56 Å². The lowest BCUT2D eigenvalue weighted by Crippen LogP contribution is -2.06. The van der Waals surface area contributed by atoms with Crippen LogP contribution in [0, 0.1) is 0 Å². The third-order valence-electron chi connectivity index (χ3n) is 2.37. The minimum Gasteiger partial charge on any atom is -0.481 e. The molecule has 0 amide bonds. The van der Waals surface area contributed by atoms with Gasteiger partial charge in [-0.25, -0.2) is 9.97 Å². The number of hydrogen-bond acceptors (Lipinski definition) is 5. The standard InChI is InChI=1S/C12H13BrN4O/c1-18-12-8(3-2-4-15-12)6-16-11-10(14)5-9(13)7-17-11/h2-5,7H,6,14H2,1H3,(H,16,17). The molecular formula is C12H13BrN4O. The summed E-state index contributed by atoms with van der Waals surface area (Å²) >= 11 is 3.31. The van der Waals surface area contributed by atoms with Crippen molar-refractivity contribution in [3.05, 3.63) is 40.6 Å². The number of methoxy groups -OCH3 is 1. The van der Waals surface area contributed by atoms with Crippen molar-refractivity contribution >= 4 is 27.4 Å². The van der Waals surface area contributed by atoms with Crippen molar-refractivity contribution in [2.75, 3.05) is 18.2 Å². The second-order valence-electron chi connectivity index (χ2n) is 3.62. The molecule has 6 heteroatoms. The van der Waals surface area contributed by atoms with E-state index in [0.29, 0.717) is 23.9 Å². The normalized spacial score (nSPS) is 10.1. The summed E-state index contributed by atoms with van der Waals surface area (Å²) in [5.74, 6) is 1.24. The number of ether oxygens (including phenoxy) is 1. The number of nitrogens with two attached hydrogens (primary N) is 1. The average molecular weight is 309 g/mol. The van der Waals surface area contributed by atoms with Crippen LogP contribution in [0.15, 0.2) is 35.1 Å². The Labute approximate surface area is 114 Å². The molecule has 0 aromatic carbocycles. The van der Waals surface area contributed by atoms with Gasteiger partial charge in [0, 0.05) is 29.0 Å². The van der Waals surface area contributed by atoms with Gasteiger partial charge in [0.25, 0.3) is 0 Å². The first-order chi connectivity index (χ1) is 8.70. The molecule has 94 valence electrons. The summed E-state index contributed by atoms with van der Waals surface area (Å²) in [5, 5.41) is 3.15. The summed E-state index contributed by atoms with van der Waals surface area (Å²) in [6, 6.07) is 5.60. The van der Waals surface area contributed by atoms with Crippen molar-refractivity contribution < 1.29 is 4.74 Å². The van der Waals surface area contributed by atoms with Gasteiger partial charge in [-0.05, 0) is 28.1 Å². The number of anilines is 2. The lowest BCUT2D eigenvalue weighted by Gasteiger charge is -2.10. The van der Waals surface area contributed by atoms with Gasteiger partial charge in [-0.1, -0.05) is 6.07 Å². The van der Waals surface area contributed by atoms with Gasteiger partial charge in [0.1, 0.15) is 5.82 Å². The molecule has 0 unspecified atom stereocenters. The molecule has 2 aromatic rings. The van der Waals surface area contributed by atoms with Gasteiger partial charge in [0.05, 0.1) is 12.8 Å². The SMILES string of the molecule is COc1ncccc1CNc1ncc(Br)cc1N. The second-order valence-corrected chi connectivity index (χ2v) is 4.53. The van der Waals surface area contributed by atoms with Crippen LogP contribution in [0.3, 0.4) is 0 Å². The highest BCUT2D eigenvalue weighted by molar-refractivity contribution is 9.10. The Bertz CT molecular complexity index is 547. The van der Waals surface area contributed by atoms with Gasteiger partial charge >= 0.3 is 0 Å². The zero-order valence-corrected chi connectivity index (χ0v) is 11.4. The molecule has 2 aromatic heterocycles. The van der Waals surface area contributed by atoms with Crippen LogP contribution in [-0.4, -0.2) is 17.1 Å². The van der Waals surface area contributed by atoms with Crippen LogP contribution in [0.4, 0.5) is 11.5 Å². The van der Waals surface area contributed by atoms with E-state index in [9.17, 15) is 0 Å². The van der Waals surface area contributed by atoms with Crippen molar-refractivity contribution in [3.8, 4) is 5.88 Å². The molecule has 0 radical (unpaired) electrons. The first kappa shape index (κ1) is 12.6. The molecule has 2 rings (SSSR count). The van der Waals surface area contributed by atoms with E-state index in [-0.39, 0.29) is 0 Å². The minimum absolute atomic E-state index is 0.551. The van der Waals surface area contributed by atoms with E-state index in [1.165, 1.54) is 0 Å². The Morgan fingerprint density at radius 2 is 2.28 bits per heavy atom. The van der Waals surface area contributed by atoms with Gasteiger partial charge in [-0.15, -0.1) is 0 Å². The maximum atomic E-state index is 5.85. The Morgan fingerprint density at radius 1 is 1.44 bits per heavy atom. The fourth-order valence-electron chi connectivity index (χ4n) is 1.52. The quantitative estimate of drug-likeness (QED) is 0.907. The molecule has 5 nitrogen and oxygen atoms in total. The number of nitrogen functional groups attached to an aromatic ring is 1. The number of aromatic nitrogens is 2. The Kier molecular flexibility index (Phi) is 3.99. The third kappa shape index (κ3) is 2.89. The first-order valence-corrected chi connectivity index (χ1v) is 6.13. The molecule has 0 saturated heterocycles. The molecule has 3 N–H and O–H groups in total. The van der Waals surface area contributed by atoms with E-state index in [1.807, 2.05) is 12.1 Å². The largest absolute Gasteiger partial charge is 0.481 e. The smallest absolute Gasteiger partial charge is 0.218 e. The zero-order chi connectivity index (χ0) is 13.0. The number of nitrogens with zero attached hydrogens (tertiary/aromatic N) is 2. The van der Waals surface area contributed by atoms with Gasteiger partial charge in [0.15, 0.2) is 0 Å². The third-order valence-corrected chi connectivity index (χ3v) is 2.81. The fraction of sp³-hybridized carbons (Fsp3) is 0.167. The molecular weight excluding hydrogens is 296 g/mol. The van der Waals surface area contributed by atoms with Crippen LogP contribution in [-0.2, 0) is 6.54 Å². The Hall–Kier alpha value is -1.82. The number of rotatable bonds is 4. The number of nitrogens with one attached hydrogen (secondary N) is 1. The first-order valence-electron chi connectivity index (χ1n) is 5.33. The Morgan fingerprint density at radius 3 is 3.00 bits per heavy atom. The maximum absolute atomic E-state index is 5.85. The summed E-state index contributed by atoms with van der Waals surface area (Å²) < 4.78 is 6.02. The van der Waals surface area contributed by atoms with Crippen molar-refractivity contribution in [2.45, 2.75) is 6.54 Å².